The highest BCUT2D eigenvalue weighted by Crippen LogP contribution is 2.31. The normalized spacial score (nSPS) is 17.6. The number of carbonyl (C=O) groups excluding carboxylic acids is 1. The molecule has 2 aromatic rings. The molecule has 0 saturated carbocycles. The summed E-state index contributed by atoms with van der Waals surface area (Å²) in [5, 5.41) is 3.33. The number of sulfonamides is 1. The van der Waals surface area contributed by atoms with E-state index in [0.29, 0.717) is 30.3 Å². The maximum atomic E-state index is 13.3. The van der Waals surface area contributed by atoms with Crippen LogP contribution in [0.1, 0.15) is 42.6 Å². The molecule has 0 atom stereocenters. The summed E-state index contributed by atoms with van der Waals surface area (Å²) in [6.07, 6.45) is 0. The van der Waals surface area contributed by atoms with Crippen molar-refractivity contribution < 1.29 is 13.2 Å². The molecule has 2 aromatic carbocycles. The number of carbonyl (C=O) groups is 1. The highest BCUT2D eigenvalue weighted by molar-refractivity contribution is 7.92. The molecule has 2 aliphatic heterocycles. The van der Waals surface area contributed by atoms with E-state index in [-0.39, 0.29) is 10.8 Å². The number of hydrogen-bond donors (Lipinski definition) is 2. The molecule has 0 spiro atoms. The van der Waals surface area contributed by atoms with Gasteiger partial charge in [0.05, 0.1) is 16.3 Å². The van der Waals surface area contributed by atoms with Gasteiger partial charge >= 0.3 is 0 Å². The molecule has 2 N–H and O–H groups in total. The summed E-state index contributed by atoms with van der Waals surface area (Å²) in [6.45, 7) is 13.5. The molecule has 0 aromatic heterocycles. The molecule has 0 aliphatic carbocycles. The Balaban J connectivity index is 1.62. The molecule has 8 nitrogen and oxygen atoms in total. The number of benzene rings is 2. The first-order valence-electron chi connectivity index (χ1n) is 12.5. The highest BCUT2D eigenvalue weighted by atomic mass is 32.2. The predicted molar refractivity (Wildman–Crippen MR) is 141 cm³/mol. The first-order chi connectivity index (χ1) is 16.8. The van der Waals surface area contributed by atoms with Crippen molar-refractivity contribution in [1.82, 2.24) is 15.1 Å². The number of rotatable bonds is 7. The van der Waals surface area contributed by atoms with Crippen LogP contribution in [0.3, 0.4) is 0 Å². The standard InChI is InChI=1S/C26H37N5O3S/c1-4-29-15-17-31(18-16-29)26(32)22-7-10-25(30-13-11-27-12-14-30)24(19-22)28-35(33,34)23-8-5-21(6-9-23)20(2)3/h5-10,19-20,27-28H,4,11-18H2,1-3H3. The van der Waals surface area contributed by atoms with Crippen LogP contribution in [0.15, 0.2) is 47.4 Å². The molecule has 2 fully saturated rings. The summed E-state index contributed by atoms with van der Waals surface area (Å²) in [4.78, 5) is 19.8. The fourth-order valence-corrected chi connectivity index (χ4v) is 5.68. The minimum Gasteiger partial charge on any atom is -0.367 e. The van der Waals surface area contributed by atoms with E-state index >= 15 is 0 Å². The third-order valence-corrected chi connectivity index (χ3v) is 8.29. The van der Waals surface area contributed by atoms with Crippen LogP contribution in [0.5, 0.6) is 0 Å². The van der Waals surface area contributed by atoms with Crippen LogP contribution in [0.2, 0.25) is 0 Å². The molecule has 2 saturated heterocycles. The average Bonchev–Trinajstić information content (AvgIpc) is 2.88. The monoisotopic (exact) mass is 499 g/mol. The molecule has 0 unspecified atom stereocenters. The molecular formula is C26H37N5O3S. The molecule has 2 heterocycles. The lowest BCUT2D eigenvalue weighted by molar-refractivity contribution is 0.0643. The quantitative estimate of drug-likeness (QED) is 0.610. The van der Waals surface area contributed by atoms with Crippen molar-refractivity contribution in [2.24, 2.45) is 0 Å². The maximum Gasteiger partial charge on any atom is 0.261 e. The fraction of sp³-hybridized carbons (Fsp3) is 0.500. The average molecular weight is 500 g/mol. The number of piperazine rings is 2. The minimum atomic E-state index is -3.82. The van der Waals surface area contributed by atoms with E-state index < -0.39 is 10.0 Å². The second kappa shape index (κ2) is 11.0. The van der Waals surface area contributed by atoms with Crippen molar-refractivity contribution in [2.45, 2.75) is 31.6 Å². The van der Waals surface area contributed by atoms with Gasteiger partial charge in [-0.1, -0.05) is 32.9 Å². The van der Waals surface area contributed by atoms with Crippen LogP contribution >= 0.6 is 0 Å². The van der Waals surface area contributed by atoms with E-state index in [4.69, 9.17) is 0 Å². The molecule has 4 rings (SSSR count). The highest BCUT2D eigenvalue weighted by Gasteiger charge is 2.25. The fourth-order valence-electron chi connectivity index (χ4n) is 4.62. The number of nitrogens with one attached hydrogen (secondary N) is 2. The Kier molecular flexibility index (Phi) is 7.98. The van der Waals surface area contributed by atoms with Gasteiger partial charge in [0.25, 0.3) is 15.9 Å². The zero-order valence-electron chi connectivity index (χ0n) is 21.0. The molecule has 1 amide bonds. The SMILES string of the molecule is CCN1CCN(C(=O)c2ccc(N3CCNCC3)c(NS(=O)(=O)c3ccc(C(C)C)cc3)c2)CC1. The number of anilines is 2. The topological polar surface area (TPSA) is 85.0 Å². The lowest BCUT2D eigenvalue weighted by atomic mass is 10.0. The lowest BCUT2D eigenvalue weighted by Crippen LogP contribution is -2.48. The Labute approximate surface area is 209 Å². The smallest absolute Gasteiger partial charge is 0.261 e. The predicted octanol–water partition coefficient (Wildman–Crippen LogP) is 2.80. The second-order valence-electron chi connectivity index (χ2n) is 9.52. The van der Waals surface area contributed by atoms with Crippen LogP contribution in [-0.2, 0) is 10.0 Å². The maximum absolute atomic E-state index is 13.3. The second-order valence-corrected chi connectivity index (χ2v) is 11.2. The van der Waals surface area contributed by atoms with E-state index in [0.717, 1.165) is 57.1 Å². The number of likely N-dealkylation sites (N-methyl/N-ethyl adjacent to an activating group) is 1. The lowest BCUT2D eigenvalue weighted by Gasteiger charge is -2.34. The molecule has 2 aliphatic rings. The van der Waals surface area contributed by atoms with Crippen LogP contribution in [0.4, 0.5) is 11.4 Å². The van der Waals surface area contributed by atoms with Crippen molar-refractivity contribution in [3.63, 3.8) is 0 Å². The van der Waals surface area contributed by atoms with Crippen LogP contribution in [0, 0.1) is 0 Å². The molecule has 35 heavy (non-hydrogen) atoms. The van der Waals surface area contributed by atoms with Crippen molar-refractivity contribution >= 4 is 27.3 Å². The van der Waals surface area contributed by atoms with Crippen molar-refractivity contribution in [1.29, 1.82) is 0 Å². The summed E-state index contributed by atoms with van der Waals surface area (Å²) in [5.74, 6) is 0.260. The molecule has 0 bridgehead atoms. The third-order valence-electron chi connectivity index (χ3n) is 6.91. The molecule has 9 heteroatoms. The number of amides is 1. The van der Waals surface area contributed by atoms with E-state index in [1.54, 1.807) is 18.2 Å². The van der Waals surface area contributed by atoms with Gasteiger partial charge in [0.1, 0.15) is 0 Å². The first-order valence-corrected chi connectivity index (χ1v) is 14.0. The Morgan fingerprint density at radius 2 is 1.63 bits per heavy atom. The van der Waals surface area contributed by atoms with Crippen molar-refractivity contribution in [2.75, 3.05) is 68.5 Å². The van der Waals surface area contributed by atoms with Gasteiger partial charge in [0.15, 0.2) is 0 Å². The van der Waals surface area contributed by atoms with Gasteiger partial charge in [0, 0.05) is 57.9 Å². The van der Waals surface area contributed by atoms with Gasteiger partial charge < -0.3 is 20.0 Å². The number of nitrogens with zero attached hydrogens (tertiary/aromatic N) is 3. The minimum absolute atomic E-state index is 0.0608. The van der Waals surface area contributed by atoms with Crippen LogP contribution in [0.25, 0.3) is 0 Å². The largest absolute Gasteiger partial charge is 0.367 e. The Morgan fingerprint density at radius 1 is 0.971 bits per heavy atom. The summed E-state index contributed by atoms with van der Waals surface area (Å²) >= 11 is 0. The summed E-state index contributed by atoms with van der Waals surface area (Å²) in [5.41, 5.74) is 2.82. The van der Waals surface area contributed by atoms with Gasteiger partial charge in [-0.05, 0) is 48.4 Å². The zero-order valence-corrected chi connectivity index (χ0v) is 21.8. The van der Waals surface area contributed by atoms with Gasteiger partial charge in [-0.2, -0.15) is 0 Å². The number of hydrogen-bond acceptors (Lipinski definition) is 6. The van der Waals surface area contributed by atoms with Crippen LogP contribution in [-0.4, -0.2) is 83.0 Å². The van der Waals surface area contributed by atoms with E-state index in [1.807, 2.05) is 29.2 Å². The Bertz CT molecular complexity index is 1120. The first kappa shape index (κ1) is 25.5. The van der Waals surface area contributed by atoms with Gasteiger partial charge in [-0.15, -0.1) is 0 Å². The van der Waals surface area contributed by atoms with Crippen molar-refractivity contribution in [3.8, 4) is 0 Å². The Hall–Kier alpha value is -2.62. The van der Waals surface area contributed by atoms with Gasteiger partial charge in [0.2, 0.25) is 0 Å². The zero-order chi connectivity index (χ0) is 25.0. The Morgan fingerprint density at radius 3 is 2.23 bits per heavy atom. The molecule has 190 valence electrons. The van der Waals surface area contributed by atoms with Crippen LogP contribution < -0.4 is 14.9 Å². The van der Waals surface area contributed by atoms with Gasteiger partial charge in [-0.3, -0.25) is 9.52 Å². The molecular weight excluding hydrogens is 462 g/mol. The van der Waals surface area contributed by atoms with Gasteiger partial charge in [-0.25, -0.2) is 8.42 Å². The van der Waals surface area contributed by atoms with E-state index in [2.05, 4.69) is 40.6 Å². The van der Waals surface area contributed by atoms with Crippen molar-refractivity contribution in [3.05, 3.63) is 53.6 Å². The third kappa shape index (κ3) is 5.97. The summed E-state index contributed by atoms with van der Waals surface area (Å²) in [6, 6.07) is 12.4. The summed E-state index contributed by atoms with van der Waals surface area (Å²) in [7, 11) is -3.82. The molecule has 0 radical (unpaired) electrons. The summed E-state index contributed by atoms with van der Waals surface area (Å²) < 4.78 is 29.4. The van der Waals surface area contributed by atoms with E-state index in [9.17, 15) is 13.2 Å². The van der Waals surface area contributed by atoms with E-state index in [1.165, 1.54) is 0 Å².